The Morgan fingerprint density at radius 2 is 1.86 bits per heavy atom. The summed E-state index contributed by atoms with van der Waals surface area (Å²) in [7, 11) is 1.20. The Hall–Kier alpha value is -5.06. The maximum absolute atomic E-state index is 13.7. The molecule has 0 aliphatic carbocycles. The molecule has 0 spiro atoms. The Morgan fingerprint density at radius 1 is 1.12 bits per heavy atom. The second-order valence-electron chi connectivity index (χ2n) is 9.87. The van der Waals surface area contributed by atoms with Crippen LogP contribution in [0.4, 0.5) is 5.69 Å². The highest BCUT2D eigenvalue weighted by molar-refractivity contribution is 5.83. The summed E-state index contributed by atoms with van der Waals surface area (Å²) in [6.45, 7) is 9.89. The Balaban J connectivity index is 1.87. The lowest BCUT2D eigenvalue weighted by atomic mass is 9.96. The number of carbonyl (C=O) groups is 1. The van der Waals surface area contributed by atoms with Crippen LogP contribution in [0.15, 0.2) is 64.5 Å². The van der Waals surface area contributed by atoms with Crippen molar-refractivity contribution in [2.24, 2.45) is 5.10 Å². The number of benzene rings is 3. The molecule has 0 aliphatic rings. The largest absolute Gasteiger partial charge is 0.494 e. The number of methoxy groups -OCH3 is 1. The standard InChI is InChI=1S/C31H32N4O7/c1-7-41-28-14-19(4)24(16-23(28)18(2)3)29-33-25-11-9-8-10-22(25)30(36)34(29)32-17-21-12-13-27(26(15-21)35(38)39)42-20(5)31(37)40-6/h8-18,20H,7H2,1-6H3/t20-/m0/s1. The van der Waals surface area contributed by atoms with Gasteiger partial charge in [-0.15, -0.1) is 0 Å². The lowest BCUT2D eigenvalue weighted by Gasteiger charge is -2.18. The molecule has 0 saturated carbocycles. The molecule has 0 fully saturated rings. The number of ether oxygens (including phenoxy) is 3. The van der Waals surface area contributed by atoms with Crippen molar-refractivity contribution in [3.05, 3.63) is 91.8 Å². The SMILES string of the molecule is CCOc1cc(C)c(-c2nc3ccccc3c(=O)n2N=Cc2ccc(O[C@@H](C)C(=O)OC)c([N+](=O)[O-])c2)cc1C(C)C. The topological polar surface area (TPSA) is 135 Å². The molecule has 3 aromatic carbocycles. The van der Waals surface area contributed by atoms with Crippen molar-refractivity contribution in [3.8, 4) is 22.9 Å². The number of hydrogen-bond donors (Lipinski definition) is 0. The minimum Gasteiger partial charge on any atom is -0.494 e. The molecular formula is C31H32N4O7. The molecule has 4 rings (SSSR count). The lowest BCUT2D eigenvalue weighted by molar-refractivity contribution is -0.386. The van der Waals surface area contributed by atoms with Gasteiger partial charge in [0.2, 0.25) is 0 Å². The van der Waals surface area contributed by atoms with E-state index in [4.69, 9.17) is 14.5 Å². The average Bonchev–Trinajstić information content (AvgIpc) is 2.96. The molecule has 0 bridgehead atoms. The second-order valence-corrected chi connectivity index (χ2v) is 9.87. The summed E-state index contributed by atoms with van der Waals surface area (Å²) in [5.41, 5.74) is 2.58. The van der Waals surface area contributed by atoms with E-state index in [2.05, 4.69) is 23.7 Å². The molecule has 0 unspecified atom stereocenters. The summed E-state index contributed by atoms with van der Waals surface area (Å²) in [4.78, 5) is 41.4. The first-order valence-corrected chi connectivity index (χ1v) is 13.4. The van der Waals surface area contributed by atoms with Gasteiger partial charge >= 0.3 is 11.7 Å². The summed E-state index contributed by atoms with van der Waals surface area (Å²) < 4.78 is 17.2. The van der Waals surface area contributed by atoms with Crippen molar-refractivity contribution in [2.45, 2.75) is 46.6 Å². The van der Waals surface area contributed by atoms with Crippen LogP contribution in [-0.2, 0) is 9.53 Å². The maximum Gasteiger partial charge on any atom is 0.346 e. The van der Waals surface area contributed by atoms with Crippen LogP contribution in [0.1, 0.15) is 50.3 Å². The molecular weight excluding hydrogens is 540 g/mol. The third-order valence-corrected chi connectivity index (χ3v) is 6.61. The minimum atomic E-state index is -1.05. The first kappa shape index (κ1) is 29.9. The van der Waals surface area contributed by atoms with E-state index in [0.29, 0.717) is 34.5 Å². The van der Waals surface area contributed by atoms with Gasteiger partial charge in [0.05, 0.1) is 35.8 Å². The minimum absolute atomic E-state index is 0.105. The number of fused-ring (bicyclic) bond motifs is 1. The Kier molecular flexibility index (Phi) is 8.99. The van der Waals surface area contributed by atoms with Crippen LogP contribution in [0.25, 0.3) is 22.3 Å². The smallest absolute Gasteiger partial charge is 0.346 e. The normalized spacial score (nSPS) is 12.1. The van der Waals surface area contributed by atoms with Gasteiger partial charge in [-0.25, -0.2) is 9.78 Å². The molecule has 1 heterocycles. The zero-order valence-corrected chi connectivity index (χ0v) is 24.3. The van der Waals surface area contributed by atoms with Crippen molar-refractivity contribution in [3.63, 3.8) is 0 Å². The molecule has 0 N–H and O–H groups in total. The fourth-order valence-electron chi connectivity index (χ4n) is 4.46. The predicted molar refractivity (Wildman–Crippen MR) is 160 cm³/mol. The Labute approximate surface area is 242 Å². The van der Waals surface area contributed by atoms with Crippen LogP contribution in [0.2, 0.25) is 0 Å². The van der Waals surface area contributed by atoms with Crippen molar-refractivity contribution in [2.75, 3.05) is 13.7 Å². The summed E-state index contributed by atoms with van der Waals surface area (Å²) >= 11 is 0. The van der Waals surface area contributed by atoms with E-state index in [1.807, 2.05) is 26.0 Å². The van der Waals surface area contributed by atoms with Gasteiger partial charge in [0.15, 0.2) is 17.7 Å². The van der Waals surface area contributed by atoms with Crippen molar-refractivity contribution in [1.82, 2.24) is 9.66 Å². The van der Waals surface area contributed by atoms with Crippen LogP contribution in [-0.4, -0.2) is 46.6 Å². The molecule has 4 aromatic rings. The van der Waals surface area contributed by atoms with Gasteiger partial charge in [0, 0.05) is 17.2 Å². The van der Waals surface area contributed by atoms with E-state index in [0.717, 1.165) is 16.9 Å². The number of aryl methyl sites for hydroxylation is 1. The van der Waals surface area contributed by atoms with Crippen LogP contribution in [0.5, 0.6) is 11.5 Å². The molecule has 0 radical (unpaired) electrons. The predicted octanol–water partition coefficient (Wildman–Crippen LogP) is 5.62. The number of para-hydroxylation sites is 1. The van der Waals surface area contributed by atoms with Crippen molar-refractivity contribution in [1.29, 1.82) is 0 Å². The maximum atomic E-state index is 13.7. The lowest BCUT2D eigenvalue weighted by Crippen LogP contribution is -2.25. The molecule has 1 aromatic heterocycles. The van der Waals surface area contributed by atoms with Gasteiger partial charge in [-0.1, -0.05) is 26.0 Å². The molecule has 218 valence electrons. The van der Waals surface area contributed by atoms with Gasteiger partial charge in [0.25, 0.3) is 5.56 Å². The molecule has 42 heavy (non-hydrogen) atoms. The number of aromatic nitrogens is 2. The molecule has 0 amide bonds. The summed E-state index contributed by atoms with van der Waals surface area (Å²) in [6.07, 6.45) is 0.292. The molecule has 1 atom stereocenters. The second kappa shape index (κ2) is 12.6. The van der Waals surface area contributed by atoms with Crippen LogP contribution in [0.3, 0.4) is 0 Å². The van der Waals surface area contributed by atoms with Crippen LogP contribution < -0.4 is 15.0 Å². The Bertz CT molecular complexity index is 1740. The van der Waals surface area contributed by atoms with Crippen LogP contribution >= 0.6 is 0 Å². The monoisotopic (exact) mass is 572 g/mol. The summed E-state index contributed by atoms with van der Waals surface area (Å²) in [5, 5.41) is 16.6. The first-order chi connectivity index (χ1) is 20.0. The number of nitro benzene ring substituents is 1. The van der Waals surface area contributed by atoms with Gasteiger partial charge in [-0.2, -0.15) is 9.78 Å². The highest BCUT2D eigenvalue weighted by Crippen LogP contribution is 2.34. The van der Waals surface area contributed by atoms with Gasteiger partial charge in [0.1, 0.15) is 5.75 Å². The zero-order valence-electron chi connectivity index (χ0n) is 24.3. The fraction of sp³-hybridized carbons (Fsp3) is 0.290. The number of nitrogens with zero attached hydrogens (tertiary/aromatic N) is 4. The fourth-order valence-corrected chi connectivity index (χ4v) is 4.46. The summed E-state index contributed by atoms with van der Waals surface area (Å²) in [6, 6.07) is 15.0. The Morgan fingerprint density at radius 3 is 2.52 bits per heavy atom. The number of rotatable bonds is 10. The van der Waals surface area contributed by atoms with E-state index >= 15 is 0 Å². The number of nitro groups is 1. The third-order valence-electron chi connectivity index (χ3n) is 6.61. The van der Waals surface area contributed by atoms with Crippen LogP contribution in [0, 0.1) is 17.0 Å². The summed E-state index contributed by atoms with van der Waals surface area (Å²) in [5.74, 6) is 0.447. The van der Waals surface area contributed by atoms with E-state index in [1.54, 1.807) is 24.3 Å². The average molecular weight is 573 g/mol. The first-order valence-electron chi connectivity index (χ1n) is 13.4. The van der Waals surface area contributed by atoms with Gasteiger partial charge in [-0.05, 0) is 74.2 Å². The third kappa shape index (κ3) is 6.14. The zero-order chi connectivity index (χ0) is 30.6. The highest BCUT2D eigenvalue weighted by Gasteiger charge is 2.22. The number of carbonyl (C=O) groups excluding carboxylic acids is 1. The number of esters is 1. The van der Waals surface area contributed by atoms with Crippen molar-refractivity contribution < 1.29 is 23.9 Å². The number of hydrogen-bond acceptors (Lipinski definition) is 9. The van der Waals surface area contributed by atoms with E-state index < -0.39 is 22.6 Å². The van der Waals surface area contributed by atoms with E-state index in [-0.39, 0.29) is 17.4 Å². The molecule has 11 nitrogen and oxygen atoms in total. The highest BCUT2D eigenvalue weighted by atomic mass is 16.6. The van der Waals surface area contributed by atoms with Crippen molar-refractivity contribution >= 4 is 28.8 Å². The molecule has 0 aliphatic heterocycles. The van der Waals surface area contributed by atoms with Gasteiger partial charge < -0.3 is 14.2 Å². The quantitative estimate of drug-likeness (QED) is 0.103. The van der Waals surface area contributed by atoms with E-state index in [1.165, 1.54) is 43.1 Å². The van der Waals surface area contributed by atoms with E-state index in [9.17, 15) is 19.7 Å². The van der Waals surface area contributed by atoms with Gasteiger partial charge in [-0.3, -0.25) is 14.9 Å². The molecule has 0 saturated heterocycles. The molecule has 11 heteroatoms.